The number of aliphatic imine (C=N–C) groups is 1. The second kappa shape index (κ2) is 7.16. The fourth-order valence-electron chi connectivity index (χ4n) is 3.77. The lowest BCUT2D eigenvalue weighted by Crippen LogP contribution is -2.29. The van der Waals surface area contributed by atoms with E-state index in [1.54, 1.807) is 0 Å². The van der Waals surface area contributed by atoms with Crippen molar-refractivity contribution in [2.24, 2.45) is 16.8 Å². The fraction of sp³-hybridized carbons (Fsp3) is 0.476. The number of hydrogen-bond donors (Lipinski definition) is 1. The zero-order valence-corrected chi connectivity index (χ0v) is 14.6. The molecule has 1 aliphatic heterocycles. The molecule has 1 aliphatic rings. The number of benzene rings is 2. The number of anilines is 1. The molecule has 2 aromatic carbocycles. The number of hydrogen-bond acceptors (Lipinski definition) is 2. The lowest BCUT2D eigenvalue weighted by molar-refractivity contribution is 0.396. The van der Waals surface area contributed by atoms with E-state index in [1.807, 2.05) is 0 Å². The first kappa shape index (κ1) is 16.0. The Morgan fingerprint density at radius 3 is 2.57 bits per heavy atom. The summed E-state index contributed by atoms with van der Waals surface area (Å²) in [7, 11) is 0. The van der Waals surface area contributed by atoms with Gasteiger partial charge in [0.25, 0.3) is 0 Å². The quantitative estimate of drug-likeness (QED) is 0.577. The van der Waals surface area contributed by atoms with Crippen molar-refractivity contribution < 1.29 is 0 Å². The highest BCUT2D eigenvalue weighted by atomic mass is 15.0. The van der Waals surface area contributed by atoms with Gasteiger partial charge >= 0.3 is 0 Å². The van der Waals surface area contributed by atoms with Crippen LogP contribution in [0.25, 0.3) is 10.8 Å². The molecular weight excluding hydrogens is 280 g/mol. The molecule has 1 heterocycles. The second-order valence-electron chi connectivity index (χ2n) is 6.79. The van der Waals surface area contributed by atoms with Gasteiger partial charge in [0.2, 0.25) is 0 Å². The summed E-state index contributed by atoms with van der Waals surface area (Å²) in [5, 5.41) is 6.15. The van der Waals surface area contributed by atoms with Gasteiger partial charge in [-0.2, -0.15) is 0 Å². The SMILES string of the molecule is CCCCCC(C)C(CC)C1=Nc2cccc3cccc(c23)N1. The standard InChI is InChI=1S/C21H28N2/c1-4-6-7-10-15(3)17(5-2)21-22-18-13-8-11-16-12-9-14-19(23-21)20(16)18/h8-9,11-15,17H,4-7,10H2,1-3H3,(H,22,23). The number of nitrogens with one attached hydrogen (secondary N) is 1. The molecule has 3 rings (SSSR count). The molecule has 2 atom stereocenters. The zero-order chi connectivity index (χ0) is 16.2. The maximum atomic E-state index is 4.99. The number of unbranched alkanes of at least 4 members (excludes halogenated alkanes) is 2. The predicted octanol–water partition coefficient (Wildman–Crippen LogP) is 6.54. The van der Waals surface area contributed by atoms with E-state index in [2.05, 4.69) is 62.5 Å². The molecule has 0 saturated heterocycles. The summed E-state index contributed by atoms with van der Waals surface area (Å²) in [6.07, 6.45) is 6.38. The largest absolute Gasteiger partial charge is 0.343 e. The van der Waals surface area contributed by atoms with E-state index in [1.165, 1.54) is 42.1 Å². The van der Waals surface area contributed by atoms with Crippen LogP contribution in [0.2, 0.25) is 0 Å². The molecule has 0 aromatic heterocycles. The van der Waals surface area contributed by atoms with Crippen LogP contribution < -0.4 is 5.32 Å². The van der Waals surface area contributed by atoms with Gasteiger partial charge in [0.1, 0.15) is 5.84 Å². The van der Waals surface area contributed by atoms with Crippen molar-refractivity contribution in [2.75, 3.05) is 5.32 Å². The topological polar surface area (TPSA) is 24.4 Å². The van der Waals surface area contributed by atoms with Crippen LogP contribution >= 0.6 is 0 Å². The van der Waals surface area contributed by atoms with Crippen molar-refractivity contribution in [2.45, 2.75) is 52.9 Å². The molecule has 2 unspecified atom stereocenters. The minimum absolute atomic E-state index is 0.510. The van der Waals surface area contributed by atoms with Gasteiger partial charge in [0, 0.05) is 17.0 Å². The van der Waals surface area contributed by atoms with Crippen LogP contribution in [-0.2, 0) is 0 Å². The Morgan fingerprint density at radius 1 is 1.04 bits per heavy atom. The molecule has 2 aromatic rings. The van der Waals surface area contributed by atoms with Crippen LogP contribution in [0.4, 0.5) is 11.4 Å². The third-order valence-electron chi connectivity index (χ3n) is 5.13. The minimum Gasteiger partial charge on any atom is -0.343 e. The summed E-state index contributed by atoms with van der Waals surface area (Å²) in [6, 6.07) is 12.9. The van der Waals surface area contributed by atoms with E-state index in [0.29, 0.717) is 11.8 Å². The Kier molecular flexibility index (Phi) is 5.00. The van der Waals surface area contributed by atoms with E-state index in [0.717, 1.165) is 17.9 Å². The van der Waals surface area contributed by atoms with E-state index in [9.17, 15) is 0 Å². The average molecular weight is 308 g/mol. The first-order chi connectivity index (χ1) is 11.2. The molecule has 0 bridgehead atoms. The highest BCUT2D eigenvalue weighted by Gasteiger charge is 2.24. The summed E-state index contributed by atoms with van der Waals surface area (Å²) in [5.41, 5.74) is 2.33. The Hall–Kier alpha value is -1.83. The Labute approximate surface area is 140 Å². The third kappa shape index (κ3) is 3.26. The molecule has 122 valence electrons. The van der Waals surface area contributed by atoms with Gasteiger partial charge in [0.15, 0.2) is 0 Å². The van der Waals surface area contributed by atoms with E-state index < -0.39 is 0 Å². The lowest BCUT2D eigenvalue weighted by Gasteiger charge is -2.28. The highest BCUT2D eigenvalue weighted by molar-refractivity contribution is 6.14. The second-order valence-corrected chi connectivity index (χ2v) is 6.79. The first-order valence-corrected chi connectivity index (χ1v) is 9.12. The molecule has 0 saturated carbocycles. The summed E-state index contributed by atoms with van der Waals surface area (Å²) in [6.45, 7) is 6.94. The molecule has 0 radical (unpaired) electrons. The van der Waals surface area contributed by atoms with Crippen molar-refractivity contribution in [3.05, 3.63) is 36.4 Å². The molecule has 0 fully saturated rings. The highest BCUT2D eigenvalue weighted by Crippen LogP contribution is 2.38. The van der Waals surface area contributed by atoms with Gasteiger partial charge in [0.05, 0.1) is 5.69 Å². The average Bonchev–Trinajstić information content (AvgIpc) is 2.56. The normalized spacial score (nSPS) is 15.9. The van der Waals surface area contributed by atoms with Gasteiger partial charge in [-0.1, -0.05) is 70.7 Å². The minimum atomic E-state index is 0.510. The number of rotatable bonds is 7. The van der Waals surface area contributed by atoms with Crippen molar-refractivity contribution in [1.82, 2.24) is 0 Å². The number of nitrogens with zero attached hydrogens (tertiary/aromatic N) is 1. The van der Waals surface area contributed by atoms with Gasteiger partial charge in [-0.05, 0) is 29.9 Å². The van der Waals surface area contributed by atoms with Crippen LogP contribution in [0.1, 0.15) is 52.9 Å². The monoisotopic (exact) mass is 308 g/mol. The van der Waals surface area contributed by atoms with Crippen LogP contribution in [-0.4, -0.2) is 5.84 Å². The summed E-state index contributed by atoms with van der Waals surface area (Å²) < 4.78 is 0. The van der Waals surface area contributed by atoms with Crippen LogP contribution in [0, 0.1) is 11.8 Å². The van der Waals surface area contributed by atoms with Crippen molar-refractivity contribution in [1.29, 1.82) is 0 Å². The van der Waals surface area contributed by atoms with Gasteiger partial charge in [-0.15, -0.1) is 0 Å². The van der Waals surface area contributed by atoms with Gasteiger partial charge in [-0.25, -0.2) is 4.99 Å². The van der Waals surface area contributed by atoms with E-state index >= 15 is 0 Å². The van der Waals surface area contributed by atoms with Crippen molar-refractivity contribution in [3.8, 4) is 0 Å². The summed E-state index contributed by atoms with van der Waals surface area (Å²) in [4.78, 5) is 4.99. The molecule has 2 heteroatoms. The Morgan fingerprint density at radius 2 is 1.83 bits per heavy atom. The van der Waals surface area contributed by atoms with Crippen molar-refractivity contribution >= 4 is 28.0 Å². The molecule has 0 aliphatic carbocycles. The van der Waals surface area contributed by atoms with Crippen LogP contribution in [0.3, 0.4) is 0 Å². The zero-order valence-electron chi connectivity index (χ0n) is 14.6. The van der Waals surface area contributed by atoms with Gasteiger partial charge < -0.3 is 5.32 Å². The molecule has 0 spiro atoms. The third-order valence-corrected chi connectivity index (χ3v) is 5.13. The molecule has 0 amide bonds. The summed E-state index contributed by atoms with van der Waals surface area (Å²) >= 11 is 0. The maximum absolute atomic E-state index is 4.99. The Balaban J connectivity index is 1.88. The summed E-state index contributed by atoms with van der Waals surface area (Å²) in [5.74, 6) is 2.33. The molecular formula is C21H28N2. The Bertz CT molecular complexity index is 697. The molecule has 23 heavy (non-hydrogen) atoms. The van der Waals surface area contributed by atoms with E-state index in [4.69, 9.17) is 4.99 Å². The van der Waals surface area contributed by atoms with Crippen LogP contribution in [0.15, 0.2) is 41.4 Å². The van der Waals surface area contributed by atoms with Gasteiger partial charge in [-0.3, -0.25) is 0 Å². The van der Waals surface area contributed by atoms with E-state index in [-0.39, 0.29) is 0 Å². The molecule has 1 N–H and O–H groups in total. The number of amidine groups is 1. The predicted molar refractivity (Wildman–Crippen MR) is 102 cm³/mol. The maximum Gasteiger partial charge on any atom is 0.110 e. The van der Waals surface area contributed by atoms with Crippen LogP contribution in [0.5, 0.6) is 0 Å². The molecule has 2 nitrogen and oxygen atoms in total. The lowest BCUT2D eigenvalue weighted by atomic mass is 9.85. The smallest absolute Gasteiger partial charge is 0.110 e. The fourth-order valence-corrected chi connectivity index (χ4v) is 3.77. The first-order valence-electron chi connectivity index (χ1n) is 9.12. The van der Waals surface area contributed by atoms with Crippen molar-refractivity contribution in [3.63, 3.8) is 0 Å².